The van der Waals surface area contributed by atoms with E-state index in [1.54, 1.807) is 18.3 Å². The van der Waals surface area contributed by atoms with Crippen LogP contribution in [0.2, 0.25) is 0 Å². The van der Waals surface area contributed by atoms with E-state index in [2.05, 4.69) is 9.97 Å². The third-order valence-electron chi connectivity index (χ3n) is 2.51. The molecule has 4 heteroatoms. The fourth-order valence-electron chi connectivity index (χ4n) is 1.70. The molecule has 0 saturated heterocycles. The monoisotopic (exact) mass is 223 g/mol. The van der Waals surface area contributed by atoms with Crippen molar-refractivity contribution in [2.75, 3.05) is 0 Å². The van der Waals surface area contributed by atoms with Crippen LogP contribution >= 0.6 is 0 Å². The normalized spacial score (nSPS) is 10.6. The largest absolute Gasteiger partial charge is 0.454 e. The van der Waals surface area contributed by atoms with Gasteiger partial charge in [0.1, 0.15) is 17.6 Å². The lowest BCUT2D eigenvalue weighted by molar-refractivity contribution is 0.615. The Balaban J connectivity index is 2.30. The summed E-state index contributed by atoms with van der Waals surface area (Å²) in [6.07, 6.45) is 3.11. The molecule has 0 aliphatic carbocycles. The van der Waals surface area contributed by atoms with Crippen LogP contribution in [0.5, 0.6) is 0 Å². The lowest BCUT2D eigenvalue weighted by Gasteiger charge is -2.02. The minimum absolute atomic E-state index is 0.431. The molecule has 17 heavy (non-hydrogen) atoms. The molecule has 2 heterocycles. The number of para-hydroxylation sites is 1. The summed E-state index contributed by atoms with van der Waals surface area (Å²) in [6.45, 7) is 0. The Kier molecular flexibility index (Phi) is 2.19. The Labute approximate surface area is 97.1 Å². The van der Waals surface area contributed by atoms with Gasteiger partial charge in [-0.05, 0) is 18.2 Å². The SMILES string of the molecule is N=c1cc(-c2ccncn2)oc2ccccc12. The first-order chi connectivity index (χ1) is 8.34. The van der Waals surface area contributed by atoms with Crippen LogP contribution in [0.3, 0.4) is 0 Å². The molecule has 0 aliphatic rings. The predicted octanol–water partition coefficient (Wildman–Crippen LogP) is 2.37. The summed E-state index contributed by atoms with van der Waals surface area (Å²) in [5.41, 5.74) is 1.37. The van der Waals surface area contributed by atoms with Gasteiger partial charge in [0.15, 0.2) is 5.76 Å². The number of fused-ring (bicyclic) bond motifs is 1. The van der Waals surface area contributed by atoms with Crippen molar-refractivity contribution >= 4 is 11.0 Å². The summed E-state index contributed by atoms with van der Waals surface area (Å²) in [5.74, 6) is 0.580. The number of hydrogen-bond donors (Lipinski definition) is 1. The summed E-state index contributed by atoms with van der Waals surface area (Å²) in [6, 6.07) is 10.9. The Morgan fingerprint density at radius 2 is 2.00 bits per heavy atom. The van der Waals surface area contributed by atoms with Crippen molar-refractivity contribution in [3.05, 3.63) is 54.3 Å². The van der Waals surface area contributed by atoms with E-state index < -0.39 is 0 Å². The van der Waals surface area contributed by atoms with Crippen molar-refractivity contribution < 1.29 is 4.42 Å². The second kappa shape index (κ2) is 3.83. The highest BCUT2D eigenvalue weighted by atomic mass is 16.3. The molecule has 0 atom stereocenters. The van der Waals surface area contributed by atoms with E-state index in [0.29, 0.717) is 22.4 Å². The van der Waals surface area contributed by atoms with Gasteiger partial charge < -0.3 is 4.42 Å². The number of aromatic nitrogens is 2. The van der Waals surface area contributed by atoms with Crippen molar-refractivity contribution in [2.24, 2.45) is 0 Å². The predicted molar refractivity (Wildman–Crippen MR) is 63.1 cm³/mol. The van der Waals surface area contributed by atoms with Crippen LogP contribution in [-0.4, -0.2) is 9.97 Å². The van der Waals surface area contributed by atoms with Crippen LogP contribution in [0.1, 0.15) is 0 Å². The minimum Gasteiger partial charge on any atom is -0.454 e. The highest BCUT2D eigenvalue weighted by Gasteiger charge is 2.04. The van der Waals surface area contributed by atoms with Gasteiger partial charge in [0, 0.05) is 17.6 Å². The maximum atomic E-state index is 7.95. The second-order valence-electron chi connectivity index (χ2n) is 3.62. The molecule has 82 valence electrons. The summed E-state index contributed by atoms with van der Waals surface area (Å²) < 4.78 is 5.72. The van der Waals surface area contributed by atoms with E-state index in [9.17, 15) is 0 Å². The molecule has 1 aromatic carbocycles. The van der Waals surface area contributed by atoms with E-state index in [4.69, 9.17) is 9.83 Å². The average Bonchev–Trinajstić information content (AvgIpc) is 2.40. The smallest absolute Gasteiger partial charge is 0.155 e. The van der Waals surface area contributed by atoms with Gasteiger partial charge in [-0.1, -0.05) is 12.1 Å². The van der Waals surface area contributed by atoms with Gasteiger partial charge in [0.05, 0.1) is 5.36 Å². The fraction of sp³-hybridized carbons (Fsp3) is 0. The van der Waals surface area contributed by atoms with Crippen LogP contribution in [0.4, 0.5) is 0 Å². The molecule has 2 aromatic heterocycles. The quantitative estimate of drug-likeness (QED) is 0.688. The Morgan fingerprint density at radius 3 is 2.82 bits per heavy atom. The molecule has 0 aliphatic heterocycles. The summed E-state index contributed by atoms with van der Waals surface area (Å²) in [5, 5.41) is 9.18. The number of rotatable bonds is 1. The lowest BCUT2D eigenvalue weighted by atomic mass is 10.2. The van der Waals surface area contributed by atoms with Crippen LogP contribution in [0.15, 0.2) is 53.3 Å². The third-order valence-corrected chi connectivity index (χ3v) is 2.51. The topological polar surface area (TPSA) is 62.8 Å². The number of benzene rings is 1. The second-order valence-corrected chi connectivity index (χ2v) is 3.62. The summed E-state index contributed by atoms with van der Waals surface area (Å²) >= 11 is 0. The van der Waals surface area contributed by atoms with Crippen LogP contribution in [0.25, 0.3) is 22.4 Å². The molecule has 0 unspecified atom stereocenters. The highest BCUT2D eigenvalue weighted by Crippen LogP contribution is 2.19. The summed E-state index contributed by atoms with van der Waals surface area (Å²) in [4.78, 5) is 7.96. The number of hydrogen-bond acceptors (Lipinski definition) is 4. The molecule has 3 rings (SSSR count). The molecule has 0 amide bonds. The van der Waals surface area contributed by atoms with E-state index >= 15 is 0 Å². The van der Waals surface area contributed by atoms with Crippen molar-refractivity contribution in [1.29, 1.82) is 5.41 Å². The minimum atomic E-state index is 0.431. The first-order valence-electron chi connectivity index (χ1n) is 5.18. The molecule has 4 nitrogen and oxygen atoms in total. The van der Waals surface area contributed by atoms with Crippen molar-refractivity contribution in [1.82, 2.24) is 9.97 Å². The number of nitrogens with zero attached hydrogens (tertiary/aromatic N) is 2. The van der Waals surface area contributed by atoms with E-state index in [0.717, 1.165) is 5.39 Å². The number of nitrogens with one attached hydrogen (secondary N) is 1. The van der Waals surface area contributed by atoms with Gasteiger partial charge in [-0.25, -0.2) is 9.97 Å². The van der Waals surface area contributed by atoms with E-state index in [1.807, 2.05) is 24.3 Å². The molecule has 0 fully saturated rings. The third kappa shape index (κ3) is 1.69. The van der Waals surface area contributed by atoms with Crippen molar-refractivity contribution in [3.63, 3.8) is 0 Å². The van der Waals surface area contributed by atoms with Crippen LogP contribution in [-0.2, 0) is 0 Å². The molecule has 0 spiro atoms. The van der Waals surface area contributed by atoms with Gasteiger partial charge in [0.25, 0.3) is 0 Å². The molecular weight excluding hydrogens is 214 g/mol. The van der Waals surface area contributed by atoms with Gasteiger partial charge in [-0.15, -0.1) is 0 Å². The Bertz CT molecular complexity index is 719. The zero-order valence-electron chi connectivity index (χ0n) is 8.92. The maximum absolute atomic E-state index is 7.95. The fourth-order valence-corrected chi connectivity index (χ4v) is 1.70. The molecule has 0 saturated carbocycles. The Morgan fingerprint density at radius 1 is 1.12 bits per heavy atom. The lowest BCUT2D eigenvalue weighted by Crippen LogP contribution is -2.00. The molecule has 0 bridgehead atoms. The molecular formula is C13H9N3O. The van der Waals surface area contributed by atoms with Crippen molar-refractivity contribution in [3.8, 4) is 11.5 Å². The Hall–Kier alpha value is -2.49. The zero-order chi connectivity index (χ0) is 11.7. The van der Waals surface area contributed by atoms with E-state index in [1.165, 1.54) is 6.33 Å². The standard InChI is InChI=1S/C13H9N3O/c14-10-7-13(11-5-6-15-8-16-11)17-12-4-2-1-3-9(10)12/h1-8,14H. The first kappa shape index (κ1) is 9.72. The van der Waals surface area contributed by atoms with Crippen molar-refractivity contribution in [2.45, 2.75) is 0 Å². The average molecular weight is 223 g/mol. The maximum Gasteiger partial charge on any atom is 0.155 e. The van der Waals surface area contributed by atoms with E-state index in [-0.39, 0.29) is 0 Å². The van der Waals surface area contributed by atoms with Gasteiger partial charge >= 0.3 is 0 Å². The molecule has 0 radical (unpaired) electrons. The highest BCUT2D eigenvalue weighted by molar-refractivity contribution is 5.77. The van der Waals surface area contributed by atoms with Gasteiger partial charge in [-0.2, -0.15) is 0 Å². The van der Waals surface area contributed by atoms with Crippen LogP contribution in [0, 0.1) is 5.41 Å². The van der Waals surface area contributed by atoms with Crippen LogP contribution < -0.4 is 5.36 Å². The van der Waals surface area contributed by atoms with Gasteiger partial charge in [-0.3, -0.25) is 5.41 Å². The zero-order valence-corrected chi connectivity index (χ0v) is 8.92. The van der Waals surface area contributed by atoms with Gasteiger partial charge in [0.2, 0.25) is 0 Å². The molecule has 3 aromatic rings. The summed E-state index contributed by atoms with van der Waals surface area (Å²) in [7, 11) is 0. The molecule has 1 N–H and O–H groups in total. The first-order valence-corrected chi connectivity index (χ1v) is 5.18.